The zero-order valence-electron chi connectivity index (χ0n) is 12.6. The number of rotatable bonds is 3. The molecule has 1 N–H and O–H groups in total. The molecule has 0 unspecified atom stereocenters. The maximum absolute atomic E-state index is 12.3. The van der Waals surface area contributed by atoms with Crippen molar-refractivity contribution in [3.05, 3.63) is 63.4 Å². The van der Waals surface area contributed by atoms with Crippen molar-refractivity contribution >= 4 is 11.6 Å². The molecule has 1 saturated heterocycles. The number of piperazine rings is 1. The molecule has 0 atom stereocenters. The maximum atomic E-state index is 12.3. The third-order valence-corrected chi connectivity index (χ3v) is 3.96. The third kappa shape index (κ3) is 3.50. The maximum Gasteiger partial charge on any atom is 0.328 e. The molecular formula is C16H18N4O3. The molecule has 1 amide bonds. The smallest absolute Gasteiger partial charge is 0.328 e. The van der Waals surface area contributed by atoms with Crippen molar-refractivity contribution in [1.29, 1.82) is 0 Å². The van der Waals surface area contributed by atoms with E-state index in [2.05, 4.69) is 22.0 Å². The van der Waals surface area contributed by atoms with Gasteiger partial charge in [0.2, 0.25) is 5.91 Å². The zero-order chi connectivity index (χ0) is 16.2. The molecule has 120 valence electrons. The molecule has 2 aromatic rings. The molecule has 1 aromatic carbocycles. The van der Waals surface area contributed by atoms with Crippen molar-refractivity contribution in [3.8, 4) is 0 Å². The van der Waals surface area contributed by atoms with E-state index in [9.17, 15) is 14.4 Å². The molecule has 0 aliphatic carbocycles. The number of amides is 1. The Kier molecular flexibility index (Phi) is 4.27. The minimum absolute atomic E-state index is 0.0546. The summed E-state index contributed by atoms with van der Waals surface area (Å²) in [6.45, 7) is 2.70. The van der Waals surface area contributed by atoms with Crippen LogP contribution in [0.5, 0.6) is 0 Å². The summed E-state index contributed by atoms with van der Waals surface area (Å²) in [5, 5.41) is 0. The van der Waals surface area contributed by atoms with E-state index < -0.39 is 11.2 Å². The molecule has 1 fully saturated rings. The summed E-state index contributed by atoms with van der Waals surface area (Å²) >= 11 is 0. The molecule has 0 bridgehead atoms. The van der Waals surface area contributed by atoms with Gasteiger partial charge in [0.1, 0.15) is 6.54 Å². The lowest BCUT2D eigenvalue weighted by molar-refractivity contribution is -0.132. The fraction of sp³-hybridized carbons (Fsp3) is 0.312. The standard InChI is InChI=1S/C16H18N4O3/c21-14-6-7-20(16(23)17-14)12-15(22)19-10-8-18(9-11-19)13-4-2-1-3-5-13/h1-7H,8-12H2,(H,17,21,23). The van der Waals surface area contributed by atoms with Gasteiger partial charge in [-0.2, -0.15) is 0 Å². The van der Waals surface area contributed by atoms with Crippen molar-refractivity contribution in [2.75, 3.05) is 31.1 Å². The van der Waals surface area contributed by atoms with E-state index in [0.717, 1.165) is 18.8 Å². The highest BCUT2D eigenvalue weighted by Gasteiger charge is 2.21. The summed E-state index contributed by atoms with van der Waals surface area (Å²) in [5.41, 5.74) is 0.125. The highest BCUT2D eigenvalue weighted by Crippen LogP contribution is 2.15. The summed E-state index contributed by atoms with van der Waals surface area (Å²) in [5.74, 6) is -0.119. The van der Waals surface area contributed by atoms with Crippen LogP contribution in [-0.2, 0) is 11.3 Å². The number of para-hydroxylation sites is 1. The van der Waals surface area contributed by atoms with Crippen molar-refractivity contribution in [3.63, 3.8) is 0 Å². The fourth-order valence-corrected chi connectivity index (χ4v) is 2.67. The predicted octanol–water partition coefficient (Wildman–Crippen LogP) is -0.115. The highest BCUT2D eigenvalue weighted by atomic mass is 16.2. The number of carbonyl (C=O) groups excluding carboxylic acids is 1. The molecule has 2 heterocycles. The van der Waals surface area contributed by atoms with Crippen LogP contribution in [0.3, 0.4) is 0 Å². The number of aromatic amines is 1. The van der Waals surface area contributed by atoms with Crippen LogP contribution < -0.4 is 16.1 Å². The van der Waals surface area contributed by atoms with Crippen molar-refractivity contribution in [2.45, 2.75) is 6.54 Å². The van der Waals surface area contributed by atoms with E-state index in [1.807, 2.05) is 18.2 Å². The first kappa shape index (κ1) is 15.1. The molecule has 7 heteroatoms. The first-order chi connectivity index (χ1) is 11.1. The van der Waals surface area contributed by atoms with E-state index in [4.69, 9.17) is 0 Å². The third-order valence-electron chi connectivity index (χ3n) is 3.96. The summed E-state index contributed by atoms with van der Waals surface area (Å²) < 4.78 is 1.22. The second-order valence-corrected chi connectivity index (χ2v) is 5.44. The van der Waals surface area contributed by atoms with Gasteiger partial charge in [0.25, 0.3) is 5.56 Å². The normalized spacial score (nSPS) is 14.8. The van der Waals surface area contributed by atoms with Gasteiger partial charge in [0.05, 0.1) is 0 Å². The van der Waals surface area contributed by atoms with Crippen molar-refractivity contribution in [2.24, 2.45) is 0 Å². The second-order valence-electron chi connectivity index (χ2n) is 5.44. The van der Waals surface area contributed by atoms with E-state index in [-0.39, 0.29) is 12.5 Å². The Morgan fingerprint density at radius 1 is 1.00 bits per heavy atom. The van der Waals surface area contributed by atoms with Gasteiger partial charge in [0.15, 0.2) is 0 Å². The van der Waals surface area contributed by atoms with Gasteiger partial charge in [0, 0.05) is 44.1 Å². The number of H-pyrrole nitrogens is 1. The summed E-state index contributed by atoms with van der Waals surface area (Å²) in [4.78, 5) is 41.1. The Labute approximate surface area is 132 Å². The fourth-order valence-electron chi connectivity index (χ4n) is 2.67. The molecule has 1 aromatic heterocycles. The topological polar surface area (TPSA) is 78.4 Å². The van der Waals surface area contributed by atoms with Crippen molar-refractivity contribution < 1.29 is 4.79 Å². The molecule has 7 nitrogen and oxygen atoms in total. The molecule has 3 rings (SSSR count). The largest absolute Gasteiger partial charge is 0.368 e. The van der Waals surface area contributed by atoms with Crippen LogP contribution in [0.25, 0.3) is 0 Å². The minimum Gasteiger partial charge on any atom is -0.368 e. The average Bonchev–Trinajstić information content (AvgIpc) is 2.58. The molecular weight excluding hydrogens is 296 g/mol. The van der Waals surface area contributed by atoms with Crippen LogP contribution >= 0.6 is 0 Å². The molecule has 23 heavy (non-hydrogen) atoms. The van der Waals surface area contributed by atoms with Crippen LogP contribution in [0.4, 0.5) is 5.69 Å². The highest BCUT2D eigenvalue weighted by molar-refractivity contribution is 5.76. The van der Waals surface area contributed by atoms with E-state index in [1.54, 1.807) is 4.90 Å². The number of carbonyl (C=O) groups is 1. The first-order valence-electron chi connectivity index (χ1n) is 7.51. The molecule has 1 aliphatic heterocycles. The molecule has 0 saturated carbocycles. The Bertz CT molecular complexity index is 789. The van der Waals surface area contributed by atoms with Gasteiger partial charge in [-0.15, -0.1) is 0 Å². The molecule has 0 radical (unpaired) electrons. The number of hydrogen-bond donors (Lipinski definition) is 1. The average molecular weight is 314 g/mol. The van der Waals surface area contributed by atoms with Gasteiger partial charge in [-0.25, -0.2) is 4.79 Å². The van der Waals surface area contributed by atoms with Crippen LogP contribution in [-0.4, -0.2) is 46.5 Å². The Morgan fingerprint density at radius 3 is 2.35 bits per heavy atom. The number of hydrogen-bond acceptors (Lipinski definition) is 4. The summed E-state index contributed by atoms with van der Waals surface area (Å²) in [6, 6.07) is 11.3. The first-order valence-corrected chi connectivity index (χ1v) is 7.51. The Balaban J connectivity index is 1.60. The lowest BCUT2D eigenvalue weighted by Crippen LogP contribution is -2.50. The van der Waals surface area contributed by atoms with Gasteiger partial charge >= 0.3 is 5.69 Å². The number of nitrogens with one attached hydrogen (secondary N) is 1. The second kappa shape index (κ2) is 6.51. The lowest BCUT2D eigenvalue weighted by atomic mass is 10.2. The summed E-state index contributed by atoms with van der Waals surface area (Å²) in [7, 11) is 0. The number of benzene rings is 1. The van der Waals surface area contributed by atoms with Gasteiger partial charge in [-0.3, -0.25) is 19.1 Å². The Hall–Kier alpha value is -2.83. The van der Waals surface area contributed by atoms with Crippen molar-refractivity contribution in [1.82, 2.24) is 14.5 Å². The Morgan fingerprint density at radius 2 is 1.70 bits per heavy atom. The van der Waals surface area contributed by atoms with Gasteiger partial charge in [-0.05, 0) is 12.1 Å². The van der Waals surface area contributed by atoms with E-state index in [0.29, 0.717) is 13.1 Å². The lowest BCUT2D eigenvalue weighted by Gasteiger charge is -2.36. The zero-order valence-corrected chi connectivity index (χ0v) is 12.6. The van der Waals surface area contributed by atoms with Crippen LogP contribution in [0.2, 0.25) is 0 Å². The van der Waals surface area contributed by atoms with E-state index >= 15 is 0 Å². The predicted molar refractivity (Wildman–Crippen MR) is 86.6 cm³/mol. The van der Waals surface area contributed by atoms with Crippen LogP contribution in [0.15, 0.2) is 52.2 Å². The monoisotopic (exact) mass is 314 g/mol. The van der Waals surface area contributed by atoms with Gasteiger partial charge < -0.3 is 9.80 Å². The van der Waals surface area contributed by atoms with E-state index in [1.165, 1.54) is 16.8 Å². The quantitative estimate of drug-likeness (QED) is 0.857. The number of anilines is 1. The van der Waals surface area contributed by atoms with Crippen LogP contribution in [0, 0.1) is 0 Å². The molecule has 0 spiro atoms. The molecule has 1 aliphatic rings. The number of aromatic nitrogens is 2. The summed E-state index contributed by atoms with van der Waals surface area (Å²) in [6.07, 6.45) is 1.35. The van der Waals surface area contributed by atoms with Crippen LogP contribution in [0.1, 0.15) is 0 Å². The minimum atomic E-state index is -0.561. The van der Waals surface area contributed by atoms with Gasteiger partial charge in [-0.1, -0.05) is 18.2 Å². The SMILES string of the molecule is O=C(Cn1ccc(=O)[nH]c1=O)N1CCN(c2ccccc2)CC1. The number of nitrogens with zero attached hydrogens (tertiary/aromatic N) is 3.